The Morgan fingerprint density at radius 2 is 1.86 bits per heavy atom. The summed E-state index contributed by atoms with van der Waals surface area (Å²) < 4.78 is 25.7. The average molecular weight is 488 g/mol. The highest BCUT2D eigenvalue weighted by molar-refractivity contribution is 5.70. The number of carbonyl (C=O) groups excluding carboxylic acids is 1. The first-order chi connectivity index (χ1) is 17.5. The predicted molar refractivity (Wildman–Crippen MR) is 134 cm³/mol. The van der Waals surface area contributed by atoms with Crippen molar-refractivity contribution >= 4 is 6.09 Å². The zero-order valence-electron chi connectivity index (χ0n) is 20.3. The standard InChI is InChI=1S/C29H30FN3O3/c1-29(12-5-13-33(29)28(34)35-18-19-6-3-2-4-7-19)21-14-25(20-8-10-22(30)11-9-20)32-26(15-21)36-27-23-16-31-17-24(23)27/h2-4,6-11,14-15,23-24,27,31H,5,12-13,16-18H2,1H3. The van der Waals surface area contributed by atoms with E-state index in [-0.39, 0.29) is 24.6 Å². The second kappa shape index (κ2) is 9.21. The first kappa shape index (κ1) is 23.0. The predicted octanol–water partition coefficient (Wildman–Crippen LogP) is 5.13. The Bertz CT molecular complexity index is 1240. The minimum Gasteiger partial charge on any atom is -0.474 e. The van der Waals surface area contributed by atoms with Crippen molar-refractivity contribution in [3.63, 3.8) is 0 Å². The molecular weight excluding hydrogens is 457 g/mol. The molecule has 2 aliphatic heterocycles. The van der Waals surface area contributed by atoms with Gasteiger partial charge in [0.1, 0.15) is 18.5 Å². The van der Waals surface area contributed by atoms with E-state index in [0.717, 1.165) is 42.6 Å². The van der Waals surface area contributed by atoms with Crippen LogP contribution in [0.15, 0.2) is 66.7 Å². The van der Waals surface area contributed by atoms with E-state index in [1.807, 2.05) is 47.4 Å². The summed E-state index contributed by atoms with van der Waals surface area (Å²) in [4.78, 5) is 19.8. The fourth-order valence-electron chi connectivity index (χ4n) is 5.67. The van der Waals surface area contributed by atoms with Crippen molar-refractivity contribution in [2.45, 2.75) is 38.0 Å². The van der Waals surface area contributed by atoms with Gasteiger partial charge >= 0.3 is 6.09 Å². The van der Waals surface area contributed by atoms with Crippen molar-refractivity contribution in [3.8, 4) is 17.1 Å². The maximum atomic E-state index is 13.6. The summed E-state index contributed by atoms with van der Waals surface area (Å²) in [6.07, 6.45) is 1.51. The molecule has 0 spiro atoms. The van der Waals surface area contributed by atoms with E-state index in [0.29, 0.717) is 30.0 Å². The number of amides is 1. The van der Waals surface area contributed by atoms with Crippen LogP contribution in [0.4, 0.5) is 9.18 Å². The number of piperidine rings is 1. The van der Waals surface area contributed by atoms with Crippen LogP contribution >= 0.6 is 0 Å². The van der Waals surface area contributed by atoms with E-state index >= 15 is 0 Å². The number of carbonyl (C=O) groups is 1. The Morgan fingerprint density at radius 1 is 1.11 bits per heavy atom. The molecule has 6 nitrogen and oxygen atoms in total. The molecule has 6 rings (SSSR count). The maximum absolute atomic E-state index is 13.6. The minimum absolute atomic E-state index is 0.165. The molecular formula is C29H30FN3O3. The molecule has 1 aliphatic carbocycles. The molecule has 2 saturated heterocycles. The van der Waals surface area contributed by atoms with Crippen LogP contribution in [0.3, 0.4) is 0 Å². The molecule has 3 heterocycles. The van der Waals surface area contributed by atoms with E-state index in [2.05, 4.69) is 12.2 Å². The van der Waals surface area contributed by atoms with Crippen molar-refractivity contribution in [1.82, 2.24) is 15.2 Å². The topological polar surface area (TPSA) is 63.7 Å². The summed E-state index contributed by atoms with van der Waals surface area (Å²) >= 11 is 0. The average Bonchev–Trinajstić information content (AvgIpc) is 3.22. The fraction of sp³-hybridized carbons (Fsp3) is 0.379. The van der Waals surface area contributed by atoms with Crippen LogP contribution in [-0.4, -0.2) is 41.7 Å². The molecule has 0 radical (unpaired) electrons. The lowest BCUT2D eigenvalue weighted by molar-refractivity contribution is 0.0691. The molecule has 1 N–H and O–H groups in total. The number of hydrogen-bond donors (Lipinski definition) is 1. The van der Waals surface area contributed by atoms with Crippen LogP contribution in [0.2, 0.25) is 0 Å². The van der Waals surface area contributed by atoms with Gasteiger partial charge in [-0.1, -0.05) is 30.3 Å². The summed E-state index contributed by atoms with van der Waals surface area (Å²) in [5, 5.41) is 3.39. The van der Waals surface area contributed by atoms with Gasteiger partial charge in [-0.15, -0.1) is 0 Å². The number of fused-ring (bicyclic) bond motifs is 1. The van der Waals surface area contributed by atoms with Crippen molar-refractivity contribution < 1.29 is 18.7 Å². The van der Waals surface area contributed by atoms with Crippen LogP contribution < -0.4 is 10.1 Å². The fourth-order valence-corrected chi connectivity index (χ4v) is 5.67. The third-order valence-corrected chi connectivity index (χ3v) is 7.90. The Hall–Kier alpha value is -3.45. The molecule has 1 amide bonds. The monoisotopic (exact) mass is 487 g/mol. The lowest BCUT2D eigenvalue weighted by atomic mass is 9.89. The van der Waals surface area contributed by atoms with E-state index in [1.54, 1.807) is 12.1 Å². The first-order valence-corrected chi connectivity index (χ1v) is 12.7. The molecule has 0 bridgehead atoms. The lowest BCUT2D eigenvalue weighted by Crippen LogP contribution is -2.43. The molecule has 3 fully saturated rings. The smallest absolute Gasteiger partial charge is 0.410 e. The van der Waals surface area contributed by atoms with Crippen molar-refractivity contribution in [3.05, 3.63) is 83.7 Å². The van der Waals surface area contributed by atoms with E-state index in [9.17, 15) is 9.18 Å². The van der Waals surface area contributed by atoms with Gasteiger partial charge in [0.25, 0.3) is 0 Å². The molecule has 1 saturated carbocycles. The second-order valence-electron chi connectivity index (χ2n) is 10.2. The van der Waals surface area contributed by atoms with Gasteiger partial charge in [0.15, 0.2) is 0 Å². The van der Waals surface area contributed by atoms with E-state index < -0.39 is 5.54 Å². The number of benzene rings is 2. The molecule has 1 aromatic heterocycles. The number of nitrogens with one attached hydrogen (secondary N) is 1. The van der Waals surface area contributed by atoms with Gasteiger partial charge in [0, 0.05) is 43.1 Å². The van der Waals surface area contributed by atoms with Gasteiger partial charge in [0.05, 0.1) is 11.2 Å². The normalized spacial score (nSPS) is 26.5. The molecule has 36 heavy (non-hydrogen) atoms. The summed E-state index contributed by atoms with van der Waals surface area (Å²) in [6, 6.07) is 20.0. The Morgan fingerprint density at radius 3 is 2.61 bits per heavy atom. The molecule has 7 heteroatoms. The van der Waals surface area contributed by atoms with Gasteiger partial charge in [-0.25, -0.2) is 14.2 Å². The van der Waals surface area contributed by atoms with E-state index in [1.165, 1.54) is 12.1 Å². The highest BCUT2D eigenvalue weighted by Crippen LogP contribution is 2.46. The highest BCUT2D eigenvalue weighted by atomic mass is 19.1. The zero-order valence-corrected chi connectivity index (χ0v) is 20.3. The van der Waals surface area contributed by atoms with E-state index in [4.69, 9.17) is 14.5 Å². The molecule has 186 valence electrons. The van der Waals surface area contributed by atoms with Crippen LogP contribution in [-0.2, 0) is 16.9 Å². The highest BCUT2D eigenvalue weighted by Gasteiger charge is 2.55. The number of halogens is 1. The Kier molecular flexibility index (Phi) is 5.88. The Labute approximate surface area is 210 Å². The van der Waals surface area contributed by atoms with Gasteiger partial charge in [-0.2, -0.15) is 0 Å². The minimum atomic E-state index is -0.565. The van der Waals surface area contributed by atoms with Crippen molar-refractivity contribution in [2.24, 2.45) is 11.8 Å². The van der Waals surface area contributed by atoms with Crippen LogP contribution in [0.25, 0.3) is 11.3 Å². The molecule has 3 aliphatic rings. The van der Waals surface area contributed by atoms with Crippen LogP contribution in [0, 0.1) is 17.7 Å². The number of pyridine rings is 1. The molecule has 3 unspecified atom stereocenters. The maximum Gasteiger partial charge on any atom is 0.410 e. The van der Waals surface area contributed by atoms with Crippen molar-refractivity contribution in [2.75, 3.05) is 19.6 Å². The van der Waals surface area contributed by atoms with Gasteiger partial charge in [-0.3, -0.25) is 4.90 Å². The SMILES string of the molecule is CC1(c2cc(OC3C4CNCC43)nc(-c3ccc(F)cc3)c2)CCCN1C(=O)OCc1ccccc1. The molecule has 2 aromatic carbocycles. The van der Waals surface area contributed by atoms with Crippen LogP contribution in [0.5, 0.6) is 5.88 Å². The lowest BCUT2D eigenvalue weighted by Gasteiger charge is -2.35. The summed E-state index contributed by atoms with van der Waals surface area (Å²) in [5.74, 6) is 1.31. The second-order valence-corrected chi connectivity index (χ2v) is 10.2. The molecule has 3 atom stereocenters. The summed E-state index contributed by atoms with van der Waals surface area (Å²) in [6.45, 7) is 4.87. The number of rotatable bonds is 6. The van der Waals surface area contributed by atoms with Crippen molar-refractivity contribution in [1.29, 1.82) is 0 Å². The third-order valence-electron chi connectivity index (χ3n) is 7.90. The van der Waals surface area contributed by atoms with Crippen LogP contribution in [0.1, 0.15) is 30.9 Å². The molecule has 3 aromatic rings. The van der Waals surface area contributed by atoms with Gasteiger partial charge in [-0.05, 0) is 61.2 Å². The number of likely N-dealkylation sites (tertiary alicyclic amines) is 1. The Balaban J connectivity index is 1.30. The third kappa shape index (κ3) is 4.32. The number of hydrogen-bond acceptors (Lipinski definition) is 5. The summed E-state index contributed by atoms with van der Waals surface area (Å²) in [7, 11) is 0. The first-order valence-electron chi connectivity index (χ1n) is 12.7. The zero-order chi connectivity index (χ0) is 24.7. The number of ether oxygens (including phenoxy) is 2. The summed E-state index contributed by atoms with van der Waals surface area (Å²) in [5.41, 5.74) is 2.85. The largest absolute Gasteiger partial charge is 0.474 e. The number of aromatic nitrogens is 1. The number of nitrogens with zero attached hydrogens (tertiary/aromatic N) is 2. The van der Waals surface area contributed by atoms with Gasteiger partial charge in [0.2, 0.25) is 5.88 Å². The van der Waals surface area contributed by atoms with Gasteiger partial charge < -0.3 is 14.8 Å². The quantitative estimate of drug-likeness (QED) is 0.522.